The van der Waals surface area contributed by atoms with E-state index in [0.717, 1.165) is 11.3 Å². The van der Waals surface area contributed by atoms with Gasteiger partial charge in [0.2, 0.25) is 0 Å². The van der Waals surface area contributed by atoms with Crippen molar-refractivity contribution >= 4 is 27.9 Å². The number of amides is 1. The topological polar surface area (TPSA) is 122 Å². The van der Waals surface area contributed by atoms with Crippen LogP contribution in [-0.4, -0.2) is 48.5 Å². The predicted molar refractivity (Wildman–Crippen MR) is 68.0 cm³/mol. The van der Waals surface area contributed by atoms with E-state index in [2.05, 4.69) is 0 Å². The van der Waals surface area contributed by atoms with Crippen molar-refractivity contribution in [1.29, 1.82) is 0 Å². The molecule has 2 unspecified atom stereocenters. The molecule has 0 saturated carbocycles. The number of nitrogen functional groups attached to an aromatic ring is 1. The molecule has 1 aromatic rings. The molecule has 100 valence electrons. The highest BCUT2D eigenvalue weighted by Gasteiger charge is 2.34. The fraction of sp³-hybridized carbons (Fsp3) is 0.500. The van der Waals surface area contributed by atoms with Crippen molar-refractivity contribution in [3.8, 4) is 5.75 Å². The fourth-order valence-electron chi connectivity index (χ4n) is 1.94. The molecule has 0 bridgehead atoms. The maximum absolute atomic E-state index is 11.2. The van der Waals surface area contributed by atoms with Gasteiger partial charge in [0, 0.05) is 13.1 Å². The summed E-state index contributed by atoms with van der Waals surface area (Å²) in [6, 6.07) is 0. The lowest BCUT2D eigenvalue weighted by molar-refractivity contribution is 0.0572. The standard InChI is InChI=1S/C10H15N3O4S/c1-17-7-6(11)8(9(12)16)18-10(7)13-2-4(14)5(15)3-13/h4-5,14-15H,2-3,11H2,1H3,(H2,12,16). The molecule has 0 radical (unpaired) electrons. The Labute approximate surface area is 108 Å². The zero-order valence-corrected chi connectivity index (χ0v) is 10.6. The summed E-state index contributed by atoms with van der Waals surface area (Å²) in [6.07, 6.45) is -1.65. The van der Waals surface area contributed by atoms with Crippen LogP contribution in [0.1, 0.15) is 9.67 Å². The third-order valence-corrected chi connectivity index (χ3v) is 4.12. The minimum absolute atomic E-state index is 0.195. The first-order valence-electron chi connectivity index (χ1n) is 5.32. The molecule has 1 saturated heterocycles. The number of nitrogens with two attached hydrogens (primary N) is 2. The number of primary amides is 1. The van der Waals surface area contributed by atoms with E-state index in [-0.39, 0.29) is 23.7 Å². The Hall–Kier alpha value is -1.51. The van der Waals surface area contributed by atoms with Crippen LogP contribution in [0.25, 0.3) is 0 Å². The lowest BCUT2D eigenvalue weighted by atomic mass is 10.3. The number of ether oxygens (including phenoxy) is 1. The highest BCUT2D eigenvalue weighted by Crippen LogP contribution is 2.45. The summed E-state index contributed by atoms with van der Waals surface area (Å²) in [4.78, 5) is 13.2. The van der Waals surface area contributed by atoms with Gasteiger partial charge in [0.15, 0.2) is 5.75 Å². The van der Waals surface area contributed by atoms with Crippen LogP contribution in [0.4, 0.5) is 10.7 Å². The zero-order valence-electron chi connectivity index (χ0n) is 9.79. The molecule has 1 amide bonds. The Morgan fingerprint density at radius 3 is 2.44 bits per heavy atom. The Balaban J connectivity index is 2.39. The van der Waals surface area contributed by atoms with E-state index >= 15 is 0 Å². The van der Waals surface area contributed by atoms with Crippen molar-refractivity contribution < 1.29 is 19.7 Å². The first kappa shape index (κ1) is 12.9. The zero-order chi connectivity index (χ0) is 13.4. The van der Waals surface area contributed by atoms with Gasteiger partial charge in [0.05, 0.1) is 19.3 Å². The molecule has 7 nitrogen and oxygen atoms in total. The first-order valence-corrected chi connectivity index (χ1v) is 6.14. The summed E-state index contributed by atoms with van der Waals surface area (Å²) in [5.41, 5.74) is 11.2. The third-order valence-electron chi connectivity index (χ3n) is 2.86. The van der Waals surface area contributed by atoms with Gasteiger partial charge < -0.3 is 31.3 Å². The van der Waals surface area contributed by atoms with E-state index in [9.17, 15) is 15.0 Å². The van der Waals surface area contributed by atoms with Crippen LogP contribution < -0.4 is 21.1 Å². The molecule has 2 heterocycles. The summed E-state index contributed by atoms with van der Waals surface area (Å²) < 4.78 is 5.16. The summed E-state index contributed by atoms with van der Waals surface area (Å²) in [6.45, 7) is 0.519. The number of hydrogen-bond acceptors (Lipinski definition) is 7. The quantitative estimate of drug-likeness (QED) is 0.559. The van der Waals surface area contributed by atoms with Crippen molar-refractivity contribution in [2.45, 2.75) is 12.2 Å². The molecule has 18 heavy (non-hydrogen) atoms. The highest BCUT2D eigenvalue weighted by atomic mass is 32.1. The molecule has 2 rings (SSSR count). The van der Waals surface area contributed by atoms with Crippen LogP contribution >= 0.6 is 11.3 Å². The van der Waals surface area contributed by atoms with Gasteiger partial charge in [-0.2, -0.15) is 0 Å². The average molecular weight is 273 g/mol. The van der Waals surface area contributed by atoms with Crippen LogP contribution in [0.5, 0.6) is 5.75 Å². The molecule has 1 aromatic heterocycles. The van der Waals surface area contributed by atoms with E-state index in [1.54, 1.807) is 4.90 Å². The maximum Gasteiger partial charge on any atom is 0.261 e. The molecule has 0 spiro atoms. The number of hydrogen-bond donors (Lipinski definition) is 4. The maximum atomic E-state index is 11.2. The van der Waals surface area contributed by atoms with Crippen LogP contribution in [0.2, 0.25) is 0 Å². The minimum Gasteiger partial charge on any atom is -0.492 e. The van der Waals surface area contributed by atoms with Crippen LogP contribution in [-0.2, 0) is 0 Å². The van der Waals surface area contributed by atoms with Crippen molar-refractivity contribution in [2.24, 2.45) is 5.73 Å². The van der Waals surface area contributed by atoms with E-state index < -0.39 is 18.1 Å². The Kier molecular flexibility index (Phi) is 3.33. The second-order valence-electron chi connectivity index (χ2n) is 4.09. The van der Waals surface area contributed by atoms with Gasteiger partial charge in [-0.3, -0.25) is 4.79 Å². The number of aliphatic hydroxyl groups excluding tert-OH is 2. The fourth-order valence-corrected chi connectivity index (χ4v) is 3.00. The van der Waals surface area contributed by atoms with E-state index in [0.29, 0.717) is 10.8 Å². The summed E-state index contributed by atoms with van der Waals surface area (Å²) in [5, 5.41) is 19.7. The van der Waals surface area contributed by atoms with Crippen molar-refractivity contribution in [3.63, 3.8) is 0 Å². The molecule has 1 aliphatic heterocycles. The molecule has 8 heteroatoms. The summed E-state index contributed by atoms with van der Waals surface area (Å²) in [7, 11) is 1.44. The second kappa shape index (κ2) is 4.63. The number of carbonyl (C=O) groups is 1. The molecule has 1 aliphatic rings. The Morgan fingerprint density at radius 1 is 1.44 bits per heavy atom. The van der Waals surface area contributed by atoms with Gasteiger partial charge in [0.1, 0.15) is 15.6 Å². The number of rotatable bonds is 3. The van der Waals surface area contributed by atoms with Crippen LogP contribution in [0, 0.1) is 0 Å². The number of methoxy groups -OCH3 is 1. The number of thiophene rings is 1. The van der Waals surface area contributed by atoms with E-state index in [1.165, 1.54) is 7.11 Å². The smallest absolute Gasteiger partial charge is 0.261 e. The summed E-state index contributed by atoms with van der Waals surface area (Å²) in [5.74, 6) is -0.266. The number of β-amino-alcohol motifs (C(OH)–C–C–N with tert-alkyl or cyclic N) is 2. The Morgan fingerprint density at radius 2 is 2.00 bits per heavy atom. The number of nitrogens with zero attached hydrogens (tertiary/aromatic N) is 1. The highest BCUT2D eigenvalue weighted by molar-refractivity contribution is 7.19. The predicted octanol–water partition coefficient (Wildman–Crippen LogP) is -1.02. The summed E-state index contributed by atoms with van der Waals surface area (Å²) >= 11 is 1.10. The molecule has 2 atom stereocenters. The number of aliphatic hydroxyl groups is 2. The monoisotopic (exact) mass is 273 g/mol. The van der Waals surface area contributed by atoms with Crippen molar-refractivity contribution in [3.05, 3.63) is 4.88 Å². The molecule has 0 aliphatic carbocycles. The average Bonchev–Trinajstić information content (AvgIpc) is 2.80. The second-order valence-corrected chi connectivity index (χ2v) is 5.09. The van der Waals surface area contributed by atoms with Crippen molar-refractivity contribution in [2.75, 3.05) is 30.8 Å². The molecular formula is C10H15N3O4S. The number of anilines is 2. The van der Waals surface area contributed by atoms with Gasteiger partial charge in [-0.05, 0) is 0 Å². The SMILES string of the molecule is COc1c(N2CC(O)C(O)C2)sc(C(N)=O)c1N. The lowest BCUT2D eigenvalue weighted by Crippen LogP contribution is -2.22. The van der Waals surface area contributed by atoms with Gasteiger partial charge >= 0.3 is 0 Å². The van der Waals surface area contributed by atoms with E-state index in [1.807, 2.05) is 0 Å². The molecular weight excluding hydrogens is 258 g/mol. The lowest BCUT2D eigenvalue weighted by Gasteiger charge is -2.16. The Bertz CT molecular complexity index is 466. The number of carbonyl (C=O) groups excluding carboxylic acids is 1. The third kappa shape index (κ3) is 1.98. The molecule has 6 N–H and O–H groups in total. The van der Waals surface area contributed by atoms with Gasteiger partial charge in [-0.1, -0.05) is 0 Å². The normalized spacial score (nSPS) is 23.4. The van der Waals surface area contributed by atoms with Crippen molar-refractivity contribution in [1.82, 2.24) is 0 Å². The van der Waals surface area contributed by atoms with Gasteiger partial charge in [-0.25, -0.2) is 0 Å². The van der Waals surface area contributed by atoms with E-state index in [4.69, 9.17) is 16.2 Å². The van der Waals surface area contributed by atoms with Gasteiger partial charge in [-0.15, -0.1) is 11.3 Å². The van der Waals surface area contributed by atoms with Gasteiger partial charge in [0.25, 0.3) is 5.91 Å². The van der Waals surface area contributed by atoms with Crippen LogP contribution in [0.15, 0.2) is 0 Å². The largest absolute Gasteiger partial charge is 0.492 e. The first-order chi connectivity index (χ1) is 8.45. The minimum atomic E-state index is -0.824. The molecule has 0 aromatic carbocycles. The van der Waals surface area contributed by atoms with Crippen LogP contribution in [0.3, 0.4) is 0 Å². The molecule has 1 fully saturated rings.